The first-order valence-corrected chi connectivity index (χ1v) is 7.16. The maximum absolute atomic E-state index is 12.3. The summed E-state index contributed by atoms with van der Waals surface area (Å²) in [4.78, 5) is 12.3. The first-order valence-electron chi connectivity index (χ1n) is 7.16. The molecule has 1 aromatic carbocycles. The molecule has 118 valence electrons. The Bertz CT molecular complexity index is 789. The lowest BCUT2D eigenvalue weighted by molar-refractivity contribution is 0.0938. The average molecular weight is 311 g/mol. The molecular weight excluding hydrogens is 294 g/mol. The second-order valence-corrected chi connectivity index (χ2v) is 5.03. The maximum atomic E-state index is 12.3. The van der Waals surface area contributed by atoms with Gasteiger partial charge in [0.05, 0.1) is 25.6 Å². The van der Waals surface area contributed by atoms with Gasteiger partial charge in [0, 0.05) is 12.6 Å². The Labute approximate surface area is 133 Å². The summed E-state index contributed by atoms with van der Waals surface area (Å²) in [6.07, 6.45) is 1.58. The summed E-state index contributed by atoms with van der Waals surface area (Å²) in [5.41, 5.74) is 2.15. The SMILES string of the molecule is COc1ccc(-c2cc(C(=O)NCc3ccco3)n(C)n2)cc1. The van der Waals surface area contributed by atoms with Crippen molar-refractivity contribution in [2.45, 2.75) is 6.54 Å². The van der Waals surface area contributed by atoms with Gasteiger partial charge >= 0.3 is 0 Å². The largest absolute Gasteiger partial charge is 0.497 e. The van der Waals surface area contributed by atoms with Gasteiger partial charge in [-0.3, -0.25) is 9.48 Å². The van der Waals surface area contributed by atoms with Crippen LogP contribution in [0.1, 0.15) is 16.2 Å². The number of carbonyl (C=O) groups is 1. The van der Waals surface area contributed by atoms with Crippen molar-refractivity contribution in [1.82, 2.24) is 15.1 Å². The number of aromatic nitrogens is 2. The summed E-state index contributed by atoms with van der Waals surface area (Å²) in [5.74, 6) is 1.29. The van der Waals surface area contributed by atoms with Gasteiger partial charge in [-0.25, -0.2) is 0 Å². The minimum atomic E-state index is -0.198. The summed E-state index contributed by atoms with van der Waals surface area (Å²) in [5, 5.41) is 7.21. The number of hydrogen-bond acceptors (Lipinski definition) is 4. The molecule has 0 aliphatic heterocycles. The molecule has 0 atom stereocenters. The molecule has 0 saturated heterocycles. The minimum Gasteiger partial charge on any atom is -0.497 e. The molecule has 0 aliphatic rings. The summed E-state index contributed by atoms with van der Waals surface area (Å²) in [7, 11) is 3.37. The molecule has 0 fully saturated rings. The van der Waals surface area contributed by atoms with Gasteiger partial charge in [0.25, 0.3) is 5.91 Å². The van der Waals surface area contributed by atoms with Crippen LogP contribution in [0.3, 0.4) is 0 Å². The van der Waals surface area contributed by atoms with E-state index in [1.807, 2.05) is 30.3 Å². The molecule has 0 unspecified atom stereocenters. The van der Waals surface area contributed by atoms with Gasteiger partial charge in [-0.2, -0.15) is 5.10 Å². The molecule has 3 rings (SSSR count). The third-order valence-electron chi connectivity index (χ3n) is 3.50. The highest BCUT2D eigenvalue weighted by molar-refractivity contribution is 5.93. The van der Waals surface area contributed by atoms with Crippen LogP contribution in [0.25, 0.3) is 11.3 Å². The fourth-order valence-electron chi connectivity index (χ4n) is 2.25. The zero-order valence-corrected chi connectivity index (χ0v) is 12.9. The van der Waals surface area contributed by atoms with Crippen molar-refractivity contribution in [3.05, 3.63) is 60.2 Å². The van der Waals surface area contributed by atoms with E-state index in [9.17, 15) is 4.79 Å². The lowest BCUT2D eigenvalue weighted by Crippen LogP contribution is -2.24. The summed E-state index contributed by atoms with van der Waals surface area (Å²) in [6.45, 7) is 0.342. The topological polar surface area (TPSA) is 69.3 Å². The van der Waals surface area contributed by atoms with Crippen molar-refractivity contribution >= 4 is 5.91 Å². The quantitative estimate of drug-likeness (QED) is 0.786. The number of ether oxygens (including phenoxy) is 1. The molecule has 0 spiro atoms. The van der Waals surface area contributed by atoms with E-state index in [0.29, 0.717) is 18.0 Å². The van der Waals surface area contributed by atoms with Crippen LogP contribution in [0, 0.1) is 0 Å². The lowest BCUT2D eigenvalue weighted by atomic mass is 10.1. The van der Waals surface area contributed by atoms with E-state index in [-0.39, 0.29) is 5.91 Å². The predicted octanol–water partition coefficient (Wildman–Crippen LogP) is 2.62. The molecule has 0 bridgehead atoms. The molecule has 2 aromatic heterocycles. The zero-order valence-electron chi connectivity index (χ0n) is 12.9. The Morgan fingerprint density at radius 1 is 1.30 bits per heavy atom. The lowest BCUT2D eigenvalue weighted by Gasteiger charge is -2.02. The van der Waals surface area contributed by atoms with E-state index < -0.39 is 0 Å². The predicted molar refractivity (Wildman–Crippen MR) is 85.1 cm³/mol. The number of benzene rings is 1. The van der Waals surface area contributed by atoms with Crippen molar-refractivity contribution < 1.29 is 13.9 Å². The van der Waals surface area contributed by atoms with Crippen LogP contribution < -0.4 is 10.1 Å². The Hall–Kier alpha value is -3.02. The van der Waals surface area contributed by atoms with E-state index in [4.69, 9.17) is 9.15 Å². The molecule has 1 amide bonds. The Morgan fingerprint density at radius 3 is 2.74 bits per heavy atom. The second-order valence-electron chi connectivity index (χ2n) is 5.03. The van der Waals surface area contributed by atoms with Gasteiger partial charge in [-0.15, -0.1) is 0 Å². The first-order chi connectivity index (χ1) is 11.2. The maximum Gasteiger partial charge on any atom is 0.269 e. The highest BCUT2D eigenvalue weighted by Crippen LogP contribution is 2.22. The van der Waals surface area contributed by atoms with Crippen molar-refractivity contribution in [2.24, 2.45) is 7.05 Å². The smallest absolute Gasteiger partial charge is 0.269 e. The highest BCUT2D eigenvalue weighted by atomic mass is 16.5. The number of carbonyl (C=O) groups excluding carboxylic acids is 1. The van der Waals surface area contributed by atoms with Crippen molar-refractivity contribution in [1.29, 1.82) is 0 Å². The molecular formula is C17H17N3O3. The van der Waals surface area contributed by atoms with Gasteiger partial charge in [-0.1, -0.05) is 0 Å². The number of hydrogen-bond donors (Lipinski definition) is 1. The van der Waals surface area contributed by atoms with Crippen LogP contribution in [-0.2, 0) is 13.6 Å². The van der Waals surface area contributed by atoms with Crippen LogP contribution in [0.5, 0.6) is 5.75 Å². The van der Waals surface area contributed by atoms with Crippen molar-refractivity contribution in [3.63, 3.8) is 0 Å². The highest BCUT2D eigenvalue weighted by Gasteiger charge is 2.14. The van der Waals surface area contributed by atoms with E-state index in [1.54, 1.807) is 37.2 Å². The summed E-state index contributed by atoms with van der Waals surface area (Å²) in [6, 6.07) is 12.9. The number of aryl methyl sites for hydroxylation is 1. The molecule has 0 saturated carbocycles. The normalized spacial score (nSPS) is 10.5. The molecule has 1 N–H and O–H groups in total. The number of rotatable bonds is 5. The Balaban J connectivity index is 1.75. The molecule has 2 heterocycles. The van der Waals surface area contributed by atoms with Gasteiger partial charge < -0.3 is 14.5 Å². The van der Waals surface area contributed by atoms with E-state index in [2.05, 4.69) is 10.4 Å². The van der Waals surface area contributed by atoms with Crippen LogP contribution in [0.15, 0.2) is 53.1 Å². The van der Waals surface area contributed by atoms with Crippen LogP contribution in [0.2, 0.25) is 0 Å². The Morgan fingerprint density at radius 2 is 2.09 bits per heavy atom. The molecule has 0 radical (unpaired) electrons. The standard InChI is InChI=1S/C17H17N3O3/c1-20-16(17(21)18-11-14-4-3-9-23-14)10-15(19-20)12-5-7-13(22-2)8-6-12/h3-10H,11H2,1-2H3,(H,18,21). The van der Waals surface area contributed by atoms with Crippen molar-refractivity contribution in [3.8, 4) is 17.0 Å². The van der Waals surface area contributed by atoms with Gasteiger partial charge in [-0.05, 0) is 42.5 Å². The van der Waals surface area contributed by atoms with E-state index in [1.165, 1.54) is 0 Å². The fourth-order valence-corrected chi connectivity index (χ4v) is 2.25. The number of methoxy groups -OCH3 is 1. The minimum absolute atomic E-state index is 0.198. The average Bonchev–Trinajstić information content (AvgIpc) is 3.22. The van der Waals surface area contributed by atoms with Crippen molar-refractivity contribution in [2.75, 3.05) is 7.11 Å². The van der Waals surface area contributed by atoms with Gasteiger partial charge in [0.1, 0.15) is 17.2 Å². The summed E-state index contributed by atoms with van der Waals surface area (Å²) < 4.78 is 11.9. The van der Waals surface area contributed by atoms with E-state index >= 15 is 0 Å². The van der Waals surface area contributed by atoms with Crippen LogP contribution in [-0.4, -0.2) is 22.8 Å². The summed E-state index contributed by atoms with van der Waals surface area (Å²) >= 11 is 0. The molecule has 3 aromatic rings. The molecule has 6 nitrogen and oxygen atoms in total. The van der Waals surface area contributed by atoms with Crippen LogP contribution in [0.4, 0.5) is 0 Å². The molecule has 0 aliphatic carbocycles. The third kappa shape index (κ3) is 3.26. The first kappa shape index (κ1) is 14.9. The van der Waals surface area contributed by atoms with Gasteiger partial charge in [0.15, 0.2) is 0 Å². The van der Waals surface area contributed by atoms with Gasteiger partial charge in [0.2, 0.25) is 0 Å². The second kappa shape index (κ2) is 6.39. The molecule has 23 heavy (non-hydrogen) atoms. The monoisotopic (exact) mass is 311 g/mol. The Kier molecular flexibility index (Phi) is 4.14. The number of nitrogens with one attached hydrogen (secondary N) is 1. The van der Waals surface area contributed by atoms with Crippen LogP contribution >= 0.6 is 0 Å². The fraction of sp³-hybridized carbons (Fsp3) is 0.176. The van der Waals surface area contributed by atoms with E-state index in [0.717, 1.165) is 17.0 Å². The number of amides is 1. The number of nitrogens with zero attached hydrogens (tertiary/aromatic N) is 2. The number of furan rings is 1. The third-order valence-corrected chi connectivity index (χ3v) is 3.50. The zero-order chi connectivity index (χ0) is 16.2. The molecule has 6 heteroatoms.